The first-order chi connectivity index (χ1) is 9.69. The number of hydrogen-bond donors (Lipinski definition) is 3. The topological polar surface area (TPSA) is 56.9 Å². The predicted octanol–water partition coefficient (Wildman–Crippen LogP) is 1.83. The Morgan fingerprint density at radius 2 is 2.25 bits per heavy atom. The molecule has 4 heteroatoms. The summed E-state index contributed by atoms with van der Waals surface area (Å²) in [6, 6.07) is 8.26. The number of fused-ring (bicyclic) bond motifs is 1. The van der Waals surface area contributed by atoms with Crippen molar-refractivity contribution >= 4 is 16.8 Å². The van der Waals surface area contributed by atoms with Crippen LogP contribution < -0.4 is 10.6 Å². The lowest BCUT2D eigenvalue weighted by Gasteiger charge is -2.21. The largest absolute Gasteiger partial charge is 0.361 e. The molecule has 0 radical (unpaired) electrons. The van der Waals surface area contributed by atoms with Gasteiger partial charge in [-0.25, -0.2) is 0 Å². The molecule has 1 aliphatic rings. The quantitative estimate of drug-likeness (QED) is 0.794. The van der Waals surface area contributed by atoms with E-state index in [1.165, 1.54) is 10.9 Å². The van der Waals surface area contributed by atoms with Crippen molar-refractivity contribution in [1.82, 2.24) is 15.6 Å². The second-order valence-electron chi connectivity index (χ2n) is 5.85. The Morgan fingerprint density at radius 1 is 1.40 bits per heavy atom. The summed E-state index contributed by atoms with van der Waals surface area (Å²) in [5.41, 5.74) is 2.18. The Bertz CT molecular complexity index is 611. The van der Waals surface area contributed by atoms with Crippen molar-refractivity contribution in [2.75, 3.05) is 19.6 Å². The van der Waals surface area contributed by atoms with Crippen LogP contribution in [0.15, 0.2) is 30.5 Å². The molecule has 0 bridgehead atoms. The number of aromatic amines is 1. The van der Waals surface area contributed by atoms with E-state index in [0.717, 1.165) is 31.4 Å². The lowest BCUT2D eigenvalue weighted by Crippen LogP contribution is -2.41. The molecule has 3 rings (SSSR count). The van der Waals surface area contributed by atoms with E-state index in [4.69, 9.17) is 0 Å². The Balaban J connectivity index is 1.59. The predicted molar refractivity (Wildman–Crippen MR) is 80.6 cm³/mol. The highest BCUT2D eigenvalue weighted by Gasteiger charge is 2.35. The van der Waals surface area contributed by atoms with Gasteiger partial charge in [0.15, 0.2) is 0 Å². The molecule has 0 spiro atoms. The van der Waals surface area contributed by atoms with Gasteiger partial charge in [-0.15, -0.1) is 0 Å². The molecule has 20 heavy (non-hydrogen) atoms. The molecule has 1 aromatic heterocycles. The van der Waals surface area contributed by atoms with Crippen molar-refractivity contribution < 1.29 is 4.79 Å². The van der Waals surface area contributed by atoms with E-state index in [-0.39, 0.29) is 11.3 Å². The highest BCUT2D eigenvalue weighted by Crippen LogP contribution is 2.24. The van der Waals surface area contributed by atoms with E-state index in [0.29, 0.717) is 6.54 Å². The third-order valence-electron chi connectivity index (χ3n) is 4.27. The molecule has 1 atom stereocenters. The highest BCUT2D eigenvalue weighted by atomic mass is 16.2. The van der Waals surface area contributed by atoms with Crippen LogP contribution in [-0.2, 0) is 11.2 Å². The third-order valence-corrected chi connectivity index (χ3v) is 4.27. The van der Waals surface area contributed by atoms with E-state index < -0.39 is 0 Å². The van der Waals surface area contributed by atoms with E-state index in [2.05, 4.69) is 27.8 Å². The number of H-pyrrole nitrogens is 1. The number of nitrogens with one attached hydrogen (secondary N) is 3. The fraction of sp³-hybridized carbons (Fsp3) is 0.438. The van der Waals surface area contributed by atoms with Gasteiger partial charge in [-0.1, -0.05) is 18.2 Å². The van der Waals surface area contributed by atoms with Gasteiger partial charge in [0.05, 0.1) is 5.41 Å². The van der Waals surface area contributed by atoms with Crippen LogP contribution >= 0.6 is 0 Å². The van der Waals surface area contributed by atoms with Crippen LogP contribution in [0.25, 0.3) is 10.9 Å². The monoisotopic (exact) mass is 271 g/mol. The minimum absolute atomic E-state index is 0.169. The molecule has 2 aromatic rings. The molecule has 2 heterocycles. The number of amides is 1. The normalized spacial score (nSPS) is 22.2. The number of carbonyl (C=O) groups excluding carboxylic acids is 1. The second kappa shape index (κ2) is 5.29. The zero-order valence-electron chi connectivity index (χ0n) is 11.8. The number of aromatic nitrogens is 1. The Labute approximate surface area is 118 Å². The van der Waals surface area contributed by atoms with Gasteiger partial charge < -0.3 is 15.6 Å². The molecule has 106 valence electrons. The van der Waals surface area contributed by atoms with Crippen molar-refractivity contribution in [3.8, 4) is 0 Å². The average Bonchev–Trinajstić information content (AvgIpc) is 3.07. The van der Waals surface area contributed by atoms with Crippen LogP contribution in [0.1, 0.15) is 18.9 Å². The maximum absolute atomic E-state index is 12.2. The number of para-hydroxylation sites is 1. The summed E-state index contributed by atoms with van der Waals surface area (Å²) in [5.74, 6) is 0.169. The van der Waals surface area contributed by atoms with Crippen LogP contribution in [0.4, 0.5) is 0 Å². The van der Waals surface area contributed by atoms with Gasteiger partial charge in [-0.2, -0.15) is 0 Å². The van der Waals surface area contributed by atoms with Crippen molar-refractivity contribution in [1.29, 1.82) is 0 Å². The molecule has 1 fully saturated rings. The fourth-order valence-corrected chi connectivity index (χ4v) is 2.87. The summed E-state index contributed by atoms with van der Waals surface area (Å²) in [5, 5.41) is 7.58. The van der Waals surface area contributed by atoms with E-state index in [1.807, 2.05) is 25.3 Å². The number of rotatable bonds is 4. The molecule has 3 N–H and O–H groups in total. The molecule has 0 saturated carbocycles. The zero-order chi connectivity index (χ0) is 14.0. The van der Waals surface area contributed by atoms with Crippen LogP contribution in [-0.4, -0.2) is 30.5 Å². The van der Waals surface area contributed by atoms with Crippen LogP contribution in [0.2, 0.25) is 0 Å². The lowest BCUT2D eigenvalue weighted by molar-refractivity contribution is -0.129. The first-order valence-electron chi connectivity index (χ1n) is 7.23. The minimum Gasteiger partial charge on any atom is -0.361 e. The van der Waals surface area contributed by atoms with Crippen molar-refractivity contribution in [2.24, 2.45) is 5.41 Å². The number of carbonyl (C=O) groups is 1. The molecule has 1 unspecified atom stereocenters. The lowest BCUT2D eigenvalue weighted by atomic mass is 9.89. The van der Waals surface area contributed by atoms with Gasteiger partial charge in [0.2, 0.25) is 5.91 Å². The summed E-state index contributed by atoms with van der Waals surface area (Å²) in [4.78, 5) is 15.5. The molecule has 4 nitrogen and oxygen atoms in total. The maximum Gasteiger partial charge on any atom is 0.227 e. The second-order valence-corrected chi connectivity index (χ2v) is 5.85. The van der Waals surface area contributed by atoms with Crippen molar-refractivity contribution in [3.05, 3.63) is 36.0 Å². The summed E-state index contributed by atoms with van der Waals surface area (Å²) < 4.78 is 0. The molecule has 1 aromatic carbocycles. The summed E-state index contributed by atoms with van der Waals surface area (Å²) in [6.45, 7) is 4.45. The Kier molecular flexibility index (Phi) is 3.49. The van der Waals surface area contributed by atoms with Crippen LogP contribution in [0.3, 0.4) is 0 Å². The molecule has 1 saturated heterocycles. The van der Waals surface area contributed by atoms with Gasteiger partial charge in [-0.05, 0) is 37.9 Å². The van der Waals surface area contributed by atoms with Crippen molar-refractivity contribution in [3.63, 3.8) is 0 Å². The number of hydrogen-bond acceptors (Lipinski definition) is 2. The zero-order valence-corrected chi connectivity index (χ0v) is 11.8. The van der Waals surface area contributed by atoms with Gasteiger partial charge in [0.25, 0.3) is 0 Å². The summed E-state index contributed by atoms with van der Waals surface area (Å²) >= 11 is 0. The smallest absolute Gasteiger partial charge is 0.227 e. The van der Waals surface area contributed by atoms with E-state index in [1.54, 1.807) is 0 Å². The minimum atomic E-state index is -0.236. The summed E-state index contributed by atoms with van der Waals surface area (Å²) in [6.07, 6.45) is 3.82. The van der Waals surface area contributed by atoms with Gasteiger partial charge in [-0.3, -0.25) is 4.79 Å². The van der Waals surface area contributed by atoms with E-state index >= 15 is 0 Å². The SMILES string of the molecule is CC1(C(=O)NCCc2c[nH]c3ccccc23)CCNC1. The molecule has 0 aliphatic carbocycles. The highest BCUT2D eigenvalue weighted by molar-refractivity contribution is 5.84. The molecule has 1 amide bonds. The standard InChI is InChI=1S/C16H21N3O/c1-16(7-9-17-11-16)15(20)18-8-6-12-10-19-14-5-3-2-4-13(12)14/h2-5,10,17,19H,6-9,11H2,1H3,(H,18,20). The number of benzene rings is 1. The average molecular weight is 271 g/mol. The fourth-order valence-electron chi connectivity index (χ4n) is 2.87. The van der Waals surface area contributed by atoms with Crippen LogP contribution in [0.5, 0.6) is 0 Å². The third kappa shape index (κ3) is 2.43. The summed E-state index contributed by atoms with van der Waals surface area (Å²) in [7, 11) is 0. The van der Waals surface area contributed by atoms with Gasteiger partial charge in [0, 0.05) is 30.2 Å². The molecular formula is C16H21N3O. The van der Waals surface area contributed by atoms with Gasteiger partial charge >= 0.3 is 0 Å². The van der Waals surface area contributed by atoms with Gasteiger partial charge in [0.1, 0.15) is 0 Å². The Morgan fingerprint density at radius 3 is 3.05 bits per heavy atom. The molecular weight excluding hydrogens is 250 g/mol. The Hall–Kier alpha value is -1.81. The van der Waals surface area contributed by atoms with E-state index in [9.17, 15) is 4.79 Å². The maximum atomic E-state index is 12.2. The van der Waals surface area contributed by atoms with Crippen molar-refractivity contribution in [2.45, 2.75) is 19.8 Å². The first-order valence-corrected chi connectivity index (χ1v) is 7.23. The molecule has 1 aliphatic heterocycles. The first kappa shape index (κ1) is 13.2. The van der Waals surface area contributed by atoms with Crippen LogP contribution in [0, 0.1) is 5.41 Å².